The number of halogens is 2. The van der Waals surface area contributed by atoms with Crippen molar-refractivity contribution in [2.24, 2.45) is 0 Å². The second-order valence-electron chi connectivity index (χ2n) is 4.22. The first kappa shape index (κ1) is 16.1. The number of nitro benzene ring substituents is 1. The maximum Gasteiger partial charge on any atom is 0.271 e. The smallest absolute Gasteiger partial charge is 0.271 e. The molecule has 2 rings (SSSR count). The van der Waals surface area contributed by atoms with E-state index in [0.717, 1.165) is 18.2 Å². The van der Waals surface area contributed by atoms with Gasteiger partial charge in [-0.05, 0) is 46.9 Å². The predicted octanol–water partition coefficient (Wildman–Crippen LogP) is 3.60. The number of anilines is 1. The van der Waals surface area contributed by atoms with Gasteiger partial charge in [0.1, 0.15) is 11.6 Å². The molecule has 114 valence electrons. The molecule has 0 radical (unpaired) electrons. The lowest BCUT2D eigenvalue weighted by Gasteiger charge is -2.08. The highest BCUT2D eigenvalue weighted by molar-refractivity contribution is 14.1. The first-order valence-corrected chi connectivity index (χ1v) is 7.09. The highest BCUT2D eigenvalue weighted by Gasteiger charge is 2.15. The maximum absolute atomic E-state index is 13.6. The van der Waals surface area contributed by atoms with Gasteiger partial charge in [-0.1, -0.05) is 0 Å². The minimum absolute atomic E-state index is 0.245. The average molecular weight is 416 g/mol. The Morgan fingerprint density at radius 2 is 2.05 bits per heavy atom. The zero-order valence-corrected chi connectivity index (χ0v) is 13.5. The second-order valence-corrected chi connectivity index (χ2v) is 5.39. The molecule has 0 aliphatic rings. The van der Waals surface area contributed by atoms with Crippen LogP contribution in [0.1, 0.15) is 10.4 Å². The van der Waals surface area contributed by atoms with E-state index >= 15 is 0 Å². The van der Waals surface area contributed by atoms with E-state index in [4.69, 9.17) is 4.74 Å². The highest BCUT2D eigenvalue weighted by atomic mass is 127. The molecule has 6 nitrogen and oxygen atoms in total. The SMILES string of the molecule is COc1ccc(C(=O)Nc2cc([N+](=O)[O-])ccc2F)cc1I. The number of carbonyl (C=O) groups is 1. The Balaban J connectivity index is 2.27. The Labute approximate surface area is 138 Å². The number of methoxy groups -OCH3 is 1. The number of amides is 1. The summed E-state index contributed by atoms with van der Waals surface area (Å²) in [6.45, 7) is 0. The summed E-state index contributed by atoms with van der Waals surface area (Å²) in [4.78, 5) is 22.1. The number of hydrogen-bond donors (Lipinski definition) is 1. The molecule has 0 aliphatic carbocycles. The van der Waals surface area contributed by atoms with Crippen molar-refractivity contribution < 1.29 is 18.8 Å². The van der Waals surface area contributed by atoms with E-state index in [0.29, 0.717) is 9.32 Å². The van der Waals surface area contributed by atoms with E-state index in [1.165, 1.54) is 13.2 Å². The quantitative estimate of drug-likeness (QED) is 0.469. The van der Waals surface area contributed by atoms with E-state index in [1.54, 1.807) is 12.1 Å². The molecular formula is C14H10FIN2O4. The number of ether oxygens (including phenoxy) is 1. The normalized spacial score (nSPS) is 10.1. The van der Waals surface area contributed by atoms with Crippen LogP contribution in [0.15, 0.2) is 36.4 Å². The summed E-state index contributed by atoms with van der Waals surface area (Å²) >= 11 is 2.00. The number of benzene rings is 2. The molecular weight excluding hydrogens is 406 g/mol. The van der Waals surface area contributed by atoms with Gasteiger partial charge in [0, 0.05) is 17.7 Å². The topological polar surface area (TPSA) is 81.5 Å². The highest BCUT2D eigenvalue weighted by Crippen LogP contribution is 2.24. The fourth-order valence-corrected chi connectivity index (χ4v) is 2.46. The van der Waals surface area contributed by atoms with Gasteiger partial charge < -0.3 is 10.1 Å². The summed E-state index contributed by atoms with van der Waals surface area (Å²) in [6.07, 6.45) is 0. The molecule has 1 amide bonds. The Kier molecular flexibility index (Phi) is 4.91. The van der Waals surface area contributed by atoms with Crippen molar-refractivity contribution in [1.29, 1.82) is 0 Å². The lowest BCUT2D eigenvalue weighted by Crippen LogP contribution is -2.13. The molecule has 0 spiro atoms. The van der Waals surface area contributed by atoms with Crippen LogP contribution in [-0.4, -0.2) is 17.9 Å². The van der Waals surface area contributed by atoms with Crippen molar-refractivity contribution in [3.63, 3.8) is 0 Å². The monoisotopic (exact) mass is 416 g/mol. The largest absolute Gasteiger partial charge is 0.496 e. The third kappa shape index (κ3) is 3.50. The van der Waals surface area contributed by atoms with Crippen LogP contribution < -0.4 is 10.1 Å². The molecule has 0 atom stereocenters. The van der Waals surface area contributed by atoms with Crippen LogP contribution in [0.3, 0.4) is 0 Å². The van der Waals surface area contributed by atoms with Gasteiger partial charge in [0.05, 0.1) is 21.3 Å². The van der Waals surface area contributed by atoms with Crippen LogP contribution in [0.5, 0.6) is 5.75 Å². The average Bonchev–Trinajstić information content (AvgIpc) is 2.49. The second kappa shape index (κ2) is 6.69. The van der Waals surface area contributed by atoms with Crippen molar-refractivity contribution >= 4 is 39.9 Å². The van der Waals surface area contributed by atoms with Gasteiger partial charge in [-0.25, -0.2) is 4.39 Å². The summed E-state index contributed by atoms with van der Waals surface area (Å²) < 4.78 is 19.4. The molecule has 2 aromatic carbocycles. The molecule has 0 saturated heterocycles. The lowest BCUT2D eigenvalue weighted by molar-refractivity contribution is -0.384. The van der Waals surface area contributed by atoms with Crippen molar-refractivity contribution in [2.75, 3.05) is 12.4 Å². The van der Waals surface area contributed by atoms with Crippen LogP contribution in [0.4, 0.5) is 15.8 Å². The fraction of sp³-hybridized carbons (Fsp3) is 0.0714. The summed E-state index contributed by atoms with van der Waals surface area (Å²) in [6, 6.07) is 7.64. The fourth-order valence-electron chi connectivity index (χ4n) is 1.72. The molecule has 22 heavy (non-hydrogen) atoms. The lowest BCUT2D eigenvalue weighted by atomic mass is 10.2. The third-order valence-corrected chi connectivity index (χ3v) is 3.67. The van der Waals surface area contributed by atoms with Gasteiger partial charge in [0.15, 0.2) is 0 Å². The number of rotatable bonds is 4. The van der Waals surface area contributed by atoms with Crippen LogP contribution in [0, 0.1) is 19.5 Å². The molecule has 0 aliphatic heterocycles. The van der Waals surface area contributed by atoms with E-state index in [-0.39, 0.29) is 16.9 Å². The van der Waals surface area contributed by atoms with E-state index in [2.05, 4.69) is 5.32 Å². The van der Waals surface area contributed by atoms with Crippen molar-refractivity contribution in [1.82, 2.24) is 0 Å². The molecule has 0 fully saturated rings. The molecule has 0 unspecified atom stereocenters. The van der Waals surface area contributed by atoms with Gasteiger partial charge >= 0.3 is 0 Å². The Bertz CT molecular complexity index is 752. The zero-order chi connectivity index (χ0) is 16.3. The summed E-state index contributed by atoms with van der Waals surface area (Å²) in [5, 5.41) is 13.0. The number of nitrogens with one attached hydrogen (secondary N) is 1. The molecule has 8 heteroatoms. The predicted molar refractivity (Wildman–Crippen MR) is 86.7 cm³/mol. The molecule has 0 bridgehead atoms. The minimum atomic E-state index is -0.748. The van der Waals surface area contributed by atoms with E-state index < -0.39 is 16.6 Å². The van der Waals surface area contributed by atoms with Crippen LogP contribution in [-0.2, 0) is 0 Å². The summed E-state index contributed by atoms with van der Waals surface area (Å²) in [5.41, 5.74) is -0.262. The minimum Gasteiger partial charge on any atom is -0.496 e. The number of carbonyl (C=O) groups excluding carboxylic acids is 1. The molecule has 2 aromatic rings. The standard InChI is InChI=1S/C14H10FIN2O4/c1-22-13-5-2-8(6-11(13)16)14(19)17-12-7-9(18(20)21)3-4-10(12)15/h2-7H,1H3,(H,17,19). The molecule has 0 heterocycles. The van der Waals surface area contributed by atoms with Gasteiger partial charge in [-0.2, -0.15) is 0 Å². The molecule has 1 N–H and O–H groups in total. The maximum atomic E-state index is 13.6. The number of nitrogens with zero attached hydrogens (tertiary/aromatic N) is 1. The van der Waals surface area contributed by atoms with Gasteiger partial charge in [-0.15, -0.1) is 0 Å². The first-order valence-electron chi connectivity index (χ1n) is 6.01. The molecule has 0 aromatic heterocycles. The Morgan fingerprint density at radius 3 is 2.64 bits per heavy atom. The van der Waals surface area contributed by atoms with Gasteiger partial charge in [-0.3, -0.25) is 14.9 Å². The van der Waals surface area contributed by atoms with Crippen LogP contribution in [0.25, 0.3) is 0 Å². The molecule has 0 saturated carbocycles. The number of nitro groups is 1. The number of non-ortho nitro benzene ring substituents is 1. The van der Waals surface area contributed by atoms with Crippen molar-refractivity contribution in [2.45, 2.75) is 0 Å². The number of hydrogen-bond acceptors (Lipinski definition) is 4. The van der Waals surface area contributed by atoms with E-state index in [1.807, 2.05) is 22.6 Å². The van der Waals surface area contributed by atoms with Crippen molar-refractivity contribution in [3.8, 4) is 5.75 Å². The first-order chi connectivity index (χ1) is 10.4. The zero-order valence-electron chi connectivity index (χ0n) is 11.3. The van der Waals surface area contributed by atoms with Gasteiger partial charge in [0.25, 0.3) is 11.6 Å². The summed E-state index contributed by atoms with van der Waals surface area (Å²) in [7, 11) is 1.51. The van der Waals surface area contributed by atoms with Crippen LogP contribution in [0.2, 0.25) is 0 Å². The van der Waals surface area contributed by atoms with Crippen LogP contribution >= 0.6 is 22.6 Å². The Morgan fingerprint density at radius 1 is 1.32 bits per heavy atom. The van der Waals surface area contributed by atoms with Crippen molar-refractivity contribution in [3.05, 3.63) is 61.5 Å². The summed E-state index contributed by atoms with van der Waals surface area (Å²) in [5.74, 6) is -0.708. The van der Waals surface area contributed by atoms with Gasteiger partial charge in [0.2, 0.25) is 0 Å². The van der Waals surface area contributed by atoms with E-state index in [9.17, 15) is 19.3 Å². The third-order valence-electron chi connectivity index (χ3n) is 2.82. The Hall–Kier alpha value is -2.23.